The Morgan fingerprint density at radius 3 is 1.97 bits per heavy atom. The van der Waals surface area contributed by atoms with Gasteiger partial charge in [0.05, 0.1) is 12.6 Å². The Labute approximate surface area is 190 Å². The zero-order chi connectivity index (χ0) is 22.2. The van der Waals surface area contributed by atoms with E-state index in [0.29, 0.717) is 21.6 Å². The number of aromatic nitrogens is 3. The topological polar surface area (TPSA) is 42.7 Å². The number of hydrogen-bond donors (Lipinski definition) is 1. The van der Waals surface area contributed by atoms with Crippen LogP contribution in [0.2, 0.25) is 15.1 Å². The number of nitrogens with one attached hydrogen (secondary N) is 1. The minimum atomic E-state index is -0.0948. The highest BCUT2D eigenvalue weighted by atomic mass is 35.5. The molecular weight excluding hydrogens is 427 g/mol. The van der Waals surface area contributed by atoms with E-state index < -0.39 is 0 Å². The van der Waals surface area contributed by atoms with Crippen LogP contribution in [0.15, 0.2) is 55.1 Å². The van der Waals surface area contributed by atoms with E-state index in [9.17, 15) is 0 Å². The minimum absolute atomic E-state index is 0.0948. The highest BCUT2D eigenvalue weighted by Gasteiger charge is 2.16. The van der Waals surface area contributed by atoms with Crippen molar-refractivity contribution in [2.45, 2.75) is 54.1 Å². The van der Waals surface area contributed by atoms with Gasteiger partial charge in [-0.15, -0.1) is 0 Å². The smallest absolute Gasteiger partial charge is 0.137 e. The second-order valence-electron chi connectivity index (χ2n) is 4.99. The molecule has 0 aliphatic rings. The maximum absolute atomic E-state index is 6.37. The molecule has 0 amide bonds. The molecule has 0 fully saturated rings. The van der Waals surface area contributed by atoms with Crippen molar-refractivity contribution in [2.75, 3.05) is 5.32 Å². The fraction of sp³-hybridized carbons (Fsp3) is 0.364. The molecule has 0 aliphatic carbocycles. The third-order valence-electron chi connectivity index (χ3n) is 3.36. The first-order valence-electron chi connectivity index (χ1n) is 9.91. The molecule has 0 aliphatic heterocycles. The lowest BCUT2D eigenvalue weighted by Crippen LogP contribution is -2.18. The lowest BCUT2D eigenvalue weighted by molar-refractivity contribution is 0.550. The molecular formula is C22H31Cl3N4. The molecule has 0 spiro atoms. The molecule has 0 saturated carbocycles. The van der Waals surface area contributed by atoms with E-state index in [4.69, 9.17) is 34.8 Å². The normalized spacial score (nSPS) is 10.2. The summed E-state index contributed by atoms with van der Waals surface area (Å²) < 4.78 is 1.75. The van der Waals surface area contributed by atoms with Crippen LogP contribution < -0.4 is 5.32 Å². The molecule has 4 nitrogen and oxygen atoms in total. The first kappa shape index (κ1) is 27.2. The molecule has 29 heavy (non-hydrogen) atoms. The fourth-order valence-corrected chi connectivity index (χ4v) is 2.93. The van der Waals surface area contributed by atoms with Crippen LogP contribution in [-0.2, 0) is 6.54 Å². The van der Waals surface area contributed by atoms with Crippen molar-refractivity contribution in [3.63, 3.8) is 0 Å². The van der Waals surface area contributed by atoms with Gasteiger partial charge in [-0.1, -0.05) is 82.4 Å². The third kappa shape index (κ3) is 9.53. The highest BCUT2D eigenvalue weighted by molar-refractivity contribution is 6.35. The molecule has 7 heteroatoms. The number of rotatable bonds is 5. The van der Waals surface area contributed by atoms with Gasteiger partial charge in [-0.25, -0.2) is 4.98 Å². The third-order valence-corrected chi connectivity index (χ3v) is 4.17. The second kappa shape index (κ2) is 16.1. The van der Waals surface area contributed by atoms with Crippen LogP contribution in [0.3, 0.4) is 0 Å². The van der Waals surface area contributed by atoms with Crippen molar-refractivity contribution in [3.8, 4) is 0 Å². The number of halogens is 3. The maximum Gasteiger partial charge on any atom is 0.137 e. The lowest BCUT2D eigenvalue weighted by atomic mass is 10.1. The van der Waals surface area contributed by atoms with Crippen LogP contribution in [0.25, 0.3) is 0 Å². The predicted molar refractivity (Wildman–Crippen MR) is 128 cm³/mol. The summed E-state index contributed by atoms with van der Waals surface area (Å²) in [5, 5.41) is 9.50. The number of anilines is 1. The van der Waals surface area contributed by atoms with Gasteiger partial charge in [-0.05, 0) is 42.0 Å². The summed E-state index contributed by atoms with van der Waals surface area (Å²) in [6.07, 6.45) is 3.17. The molecule has 1 heterocycles. The molecule has 3 rings (SSSR count). The van der Waals surface area contributed by atoms with Gasteiger partial charge in [0.2, 0.25) is 0 Å². The summed E-state index contributed by atoms with van der Waals surface area (Å²) >= 11 is 18.3. The molecule has 0 radical (unpaired) electrons. The average molecular weight is 458 g/mol. The lowest BCUT2D eigenvalue weighted by Gasteiger charge is -2.21. The number of hydrogen-bond acceptors (Lipinski definition) is 3. The Hall–Kier alpha value is -1.75. The zero-order valence-corrected chi connectivity index (χ0v) is 20.2. The molecule has 1 aromatic heterocycles. The van der Waals surface area contributed by atoms with Crippen molar-refractivity contribution >= 4 is 40.5 Å². The van der Waals surface area contributed by atoms with Crippen molar-refractivity contribution in [2.24, 2.45) is 0 Å². The number of benzene rings is 2. The predicted octanol–water partition coefficient (Wildman–Crippen LogP) is 8.17. The van der Waals surface area contributed by atoms with Gasteiger partial charge in [-0.2, -0.15) is 5.10 Å². The van der Waals surface area contributed by atoms with Crippen LogP contribution >= 0.6 is 34.8 Å². The summed E-state index contributed by atoms with van der Waals surface area (Å²) in [6.45, 7) is 12.6. The first-order valence-corrected chi connectivity index (χ1v) is 11.0. The summed E-state index contributed by atoms with van der Waals surface area (Å²) in [6, 6.07) is 12.9. The van der Waals surface area contributed by atoms with Gasteiger partial charge in [0, 0.05) is 20.8 Å². The van der Waals surface area contributed by atoms with Crippen LogP contribution in [0.5, 0.6) is 0 Å². The Morgan fingerprint density at radius 2 is 1.45 bits per heavy atom. The van der Waals surface area contributed by atoms with Gasteiger partial charge >= 0.3 is 0 Å². The molecule has 1 atom stereocenters. The van der Waals surface area contributed by atoms with Crippen LogP contribution in [-0.4, -0.2) is 14.8 Å². The Kier molecular flexibility index (Phi) is 15.1. The molecule has 1 unspecified atom stereocenters. The van der Waals surface area contributed by atoms with E-state index in [0.717, 1.165) is 11.3 Å². The maximum atomic E-state index is 6.37. The van der Waals surface area contributed by atoms with Crippen LogP contribution in [0, 0.1) is 0 Å². The summed E-state index contributed by atoms with van der Waals surface area (Å²) in [7, 11) is 0. The van der Waals surface area contributed by atoms with Gasteiger partial charge in [0.1, 0.15) is 12.7 Å². The highest BCUT2D eigenvalue weighted by Crippen LogP contribution is 2.30. The molecule has 0 saturated heterocycles. The van der Waals surface area contributed by atoms with Crippen molar-refractivity contribution in [3.05, 3.63) is 75.8 Å². The molecule has 160 valence electrons. The zero-order valence-electron chi connectivity index (χ0n) is 18.0. The standard InChI is InChI=1S/C16H13Cl3N4.3C2H6/c17-11-1-4-13(5-2-11)22-16(8-23-10-20-9-21-23)14-6-3-12(18)7-15(14)19;3*1-2/h1-7,9-10,16,22H,8H2;3*1-2H3. The van der Waals surface area contributed by atoms with Gasteiger partial charge in [-0.3, -0.25) is 4.68 Å². The van der Waals surface area contributed by atoms with Crippen molar-refractivity contribution in [1.82, 2.24) is 14.8 Å². The second-order valence-corrected chi connectivity index (χ2v) is 6.27. The minimum Gasteiger partial charge on any atom is -0.376 e. The van der Waals surface area contributed by atoms with E-state index >= 15 is 0 Å². The summed E-state index contributed by atoms with van der Waals surface area (Å²) in [5.74, 6) is 0. The van der Waals surface area contributed by atoms with E-state index in [1.807, 2.05) is 77.9 Å². The largest absolute Gasteiger partial charge is 0.376 e. The van der Waals surface area contributed by atoms with E-state index in [1.54, 1.807) is 17.1 Å². The summed E-state index contributed by atoms with van der Waals surface area (Å²) in [4.78, 5) is 3.98. The van der Waals surface area contributed by atoms with E-state index in [1.165, 1.54) is 6.33 Å². The first-order chi connectivity index (χ1) is 14.1. The Morgan fingerprint density at radius 1 is 0.862 bits per heavy atom. The number of nitrogens with zero attached hydrogens (tertiary/aromatic N) is 3. The van der Waals surface area contributed by atoms with Crippen LogP contribution in [0.4, 0.5) is 5.69 Å². The quantitative estimate of drug-likeness (QED) is 0.420. The molecule has 1 N–H and O–H groups in total. The average Bonchev–Trinajstić information content (AvgIpc) is 3.27. The van der Waals surface area contributed by atoms with Gasteiger partial charge < -0.3 is 5.32 Å². The fourth-order valence-electron chi connectivity index (χ4n) is 2.27. The summed E-state index contributed by atoms with van der Waals surface area (Å²) in [5.41, 5.74) is 1.87. The molecule has 2 aromatic carbocycles. The van der Waals surface area contributed by atoms with Crippen LogP contribution in [0.1, 0.15) is 53.1 Å². The molecule has 3 aromatic rings. The van der Waals surface area contributed by atoms with Crippen molar-refractivity contribution in [1.29, 1.82) is 0 Å². The van der Waals surface area contributed by atoms with E-state index in [2.05, 4.69) is 15.4 Å². The van der Waals surface area contributed by atoms with Gasteiger partial charge in [0.15, 0.2) is 0 Å². The SMILES string of the molecule is CC.CC.CC.Clc1ccc(NC(Cn2cncn2)c2ccc(Cl)cc2Cl)cc1. The monoisotopic (exact) mass is 456 g/mol. The van der Waals surface area contributed by atoms with Gasteiger partial charge in [0.25, 0.3) is 0 Å². The Bertz CT molecular complexity index is 775. The van der Waals surface area contributed by atoms with E-state index in [-0.39, 0.29) is 6.04 Å². The van der Waals surface area contributed by atoms with Crippen molar-refractivity contribution < 1.29 is 0 Å². The Balaban J connectivity index is 0.00000120. The molecule has 0 bridgehead atoms.